The Bertz CT molecular complexity index is 558. The van der Waals surface area contributed by atoms with E-state index >= 15 is 0 Å². The maximum Gasteiger partial charge on any atom is 0.250 e. The Labute approximate surface area is 131 Å². The molecule has 1 aromatic rings. The summed E-state index contributed by atoms with van der Waals surface area (Å²) in [6.07, 6.45) is 8.28. The largest absolute Gasteiger partial charge is 0.314 e. The van der Waals surface area contributed by atoms with Crippen molar-refractivity contribution < 1.29 is 8.42 Å². The molecule has 2 aliphatic rings. The predicted molar refractivity (Wildman–Crippen MR) is 86.2 cm³/mol. The second-order valence-corrected chi connectivity index (χ2v) is 9.36. The summed E-state index contributed by atoms with van der Waals surface area (Å²) in [6.45, 7) is 1.54. The van der Waals surface area contributed by atoms with Crippen LogP contribution in [0.1, 0.15) is 43.4 Å². The second-order valence-electron chi connectivity index (χ2n) is 6.20. The Morgan fingerprint density at radius 1 is 1.14 bits per heavy atom. The third-order valence-corrected chi connectivity index (χ3v) is 7.38. The van der Waals surface area contributed by atoms with Gasteiger partial charge in [0.2, 0.25) is 10.0 Å². The first-order chi connectivity index (χ1) is 10.1. The van der Waals surface area contributed by atoms with Gasteiger partial charge in [-0.25, -0.2) is 13.1 Å². The molecule has 21 heavy (non-hydrogen) atoms. The van der Waals surface area contributed by atoms with Crippen LogP contribution in [0.4, 0.5) is 0 Å². The molecule has 0 radical (unpaired) electrons. The maximum absolute atomic E-state index is 12.3. The lowest BCUT2D eigenvalue weighted by Gasteiger charge is -2.09. The molecule has 118 valence electrons. The molecule has 6 heteroatoms. The van der Waals surface area contributed by atoms with Crippen molar-refractivity contribution in [3.8, 4) is 0 Å². The molecule has 0 unspecified atom stereocenters. The molecule has 0 atom stereocenters. The van der Waals surface area contributed by atoms with E-state index in [9.17, 15) is 8.42 Å². The monoisotopic (exact) mass is 328 g/mol. The quantitative estimate of drug-likeness (QED) is 0.771. The summed E-state index contributed by atoms with van der Waals surface area (Å²) in [4.78, 5) is 1.14. The fraction of sp³-hybridized carbons (Fsp3) is 0.733. The van der Waals surface area contributed by atoms with E-state index in [-0.39, 0.29) is 0 Å². The lowest BCUT2D eigenvalue weighted by molar-refractivity contribution is 0.520. The fourth-order valence-corrected chi connectivity index (χ4v) is 5.35. The normalized spacial score (nSPS) is 20.2. The van der Waals surface area contributed by atoms with E-state index in [1.807, 2.05) is 6.07 Å². The van der Waals surface area contributed by atoms with Gasteiger partial charge in [-0.3, -0.25) is 0 Å². The van der Waals surface area contributed by atoms with Crippen LogP contribution in [-0.4, -0.2) is 27.5 Å². The van der Waals surface area contributed by atoms with Crippen LogP contribution in [0.5, 0.6) is 0 Å². The van der Waals surface area contributed by atoms with Gasteiger partial charge in [0, 0.05) is 24.0 Å². The summed E-state index contributed by atoms with van der Waals surface area (Å²) in [5, 5.41) is 3.46. The Morgan fingerprint density at radius 3 is 2.62 bits per heavy atom. The van der Waals surface area contributed by atoms with Gasteiger partial charge in [0.15, 0.2) is 0 Å². The fourth-order valence-electron chi connectivity index (χ4n) is 2.84. The zero-order chi connectivity index (χ0) is 14.7. The maximum atomic E-state index is 12.3. The number of rotatable bonds is 8. The number of hydrogen-bond acceptors (Lipinski definition) is 4. The molecule has 3 rings (SSSR count). The minimum atomic E-state index is -3.31. The predicted octanol–water partition coefficient (Wildman–Crippen LogP) is 2.51. The first-order valence-electron chi connectivity index (χ1n) is 7.95. The van der Waals surface area contributed by atoms with Crippen LogP contribution in [0.25, 0.3) is 0 Å². The van der Waals surface area contributed by atoms with E-state index < -0.39 is 10.0 Å². The van der Waals surface area contributed by atoms with E-state index in [0.717, 1.165) is 30.7 Å². The van der Waals surface area contributed by atoms with Gasteiger partial charge in [0.05, 0.1) is 0 Å². The third-order valence-electron chi connectivity index (χ3n) is 4.32. The van der Waals surface area contributed by atoms with Crippen molar-refractivity contribution in [2.24, 2.45) is 5.92 Å². The van der Waals surface area contributed by atoms with Crippen LogP contribution >= 0.6 is 11.3 Å². The van der Waals surface area contributed by atoms with E-state index in [1.165, 1.54) is 37.0 Å². The summed E-state index contributed by atoms with van der Waals surface area (Å²) < 4.78 is 27.8. The second kappa shape index (κ2) is 6.77. The van der Waals surface area contributed by atoms with Crippen LogP contribution in [-0.2, 0) is 16.4 Å². The van der Waals surface area contributed by atoms with Crippen LogP contribution in [0.2, 0.25) is 0 Å². The van der Waals surface area contributed by atoms with Crippen LogP contribution in [0.3, 0.4) is 0 Å². The minimum absolute atomic E-state index is 0.460. The highest BCUT2D eigenvalue weighted by Gasteiger charge is 2.22. The lowest BCUT2D eigenvalue weighted by Crippen LogP contribution is -2.27. The summed E-state index contributed by atoms with van der Waals surface area (Å²) >= 11 is 1.40. The summed E-state index contributed by atoms with van der Waals surface area (Å²) in [5.41, 5.74) is 0. The Kier molecular flexibility index (Phi) is 4.99. The molecule has 0 bridgehead atoms. The van der Waals surface area contributed by atoms with E-state index in [1.54, 1.807) is 6.07 Å². The van der Waals surface area contributed by atoms with Crippen molar-refractivity contribution in [2.45, 2.75) is 55.2 Å². The van der Waals surface area contributed by atoms with Crippen LogP contribution in [0.15, 0.2) is 16.3 Å². The van der Waals surface area contributed by atoms with Gasteiger partial charge in [0.1, 0.15) is 4.21 Å². The third kappa shape index (κ3) is 4.52. The highest BCUT2D eigenvalue weighted by atomic mass is 32.2. The van der Waals surface area contributed by atoms with Gasteiger partial charge in [-0.1, -0.05) is 12.8 Å². The first kappa shape index (κ1) is 15.5. The van der Waals surface area contributed by atoms with Crippen molar-refractivity contribution in [3.63, 3.8) is 0 Å². The Morgan fingerprint density at radius 2 is 1.90 bits per heavy atom. The molecule has 0 saturated heterocycles. The summed E-state index contributed by atoms with van der Waals surface area (Å²) in [7, 11) is -3.31. The molecule has 4 nitrogen and oxygen atoms in total. The zero-order valence-electron chi connectivity index (χ0n) is 12.3. The topological polar surface area (TPSA) is 58.2 Å². The number of thiophene rings is 1. The molecular formula is C15H24N2O2S2. The molecule has 0 aliphatic heterocycles. The number of sulfonamides is 1. The highest BCUT2D eigenvalue weighted by molar-refractivity contribution is 7.91. The lowest BCUT2D eigenvalue weighted by atomic mass is 10.1. The van der Waals surface area contributed by atoms with Crippen molar-refractivity contribution in [1.82, 2.24) is 10.0 Å². The Balaban J connectivity index is 1.50. The average molecular weight is 329 g/mol. The number of nitrogens with one attached hydrogen (secondary N) is 2. The average Bonchev–Trinajstić information content (AvgIpc) is 2.94. The van der Waals surface area contributed by atoms with Gasteiger partial charge < -0.3 is 5.32 Å². The molecule has 0 spiro atoms. The first-order valence-corrected chi connectivity index (χ1v) is 10.3. The van der Waals surface area contributed by atoms with Crippen LogP contribution in [0, 0.1) is 5.92 Å². The molecule has 2 fully saturated rings. The molecule has 0 aromatic carbocycles. The van der Waals surface area contributed by atoms with Crippen molar-refractivity contribution in [2.75, 3.05) is 13.1 Å². The number of hydrogen-bond donors (Lipinski definition) is 2. The highest BCUT2D eigenvalue weighted by Crippen LogP contribution is 2.26. The summed E-state index contributed by atoms with van der Waals surface area (Å²) in [5.74, 6) is 0.530. The molecule has 2 saturated carbocycles. The molecule has 2 N–H and O–H groups in total. The van der Waals surface area contributed by atoms with Crippen LogP contribution < -0.4 is 10.0 Å². The molecule has 2 aliphatic carbocycles. The summed E-state index contributed by atoms with van der Waals surface area (Å²) in [6, 6.07) is 4.40. The van der Waals surface area contributed by atoms with E-state index in [2.05, 4.69) is 10.0 Å². The van der Waals surface area contributed by atoms with E-state index in [4.69, 9.17) is 0 Å². The standard InChI is InChI=1S/C15H24N2O2S2/c18-21(19,17-11-12-3-1-2-4-12)15-8-7-14(20-15)9-10-16-13-5-6-13/h7-8,12-13,16-17H,1-6,9-11H2. The van der Waals surface area contributed by atoms with Gasteiger partial charge in [-0.2, -0.15) is 0 Å². The van der Waals surface area contributed by atoms with Gasteiger partial charge in [-0.15, -0.1) is 11.3 Å². The Hall–Kier alpha value is -0.430. The van der Waals surface area contributed by atoms with Crippen molar-refractivity contribution in [1.29, 1.82) is 0 Å². The van der Waals surface area contributed by atoms with Crippen molar-refractivity contribution >= 4 is 21.4 Å². The van der Waals surface area contributed by atoms with E-state index in [0.29, 0.717) is 22.7 Å². The minimum Gasteiger partial charge on any atom is -0.314 e. The van der Waals surface area contributed by atoms with Gasteiger partial charge in [0.25, 0.3) is 0 Å². The molecule has 0 amide bonds. The smallest absolute Gasteiger partial charge is 0.250 e. The van der Waals surface area contributed by atoms with Gasteiger partial charge in [-0.05, 0) is 50.2 Å². The SMILES string of the molecule is O=S(=O)(NCC1CCCC1)c1ccc(CCNC2CC2)s1. The van der Waals surface area contributed by atoms with Gasteiger partial charge >= 0.3 is 0 Å². The van der Waals surface area contributed by atoms with Crippen molar-refractivity contribution in [3.05, 3.63) is 17.0 Å². The molecule has 1 heterocycles. The molecule has 1 aromatic heterocycles. The zero-order valence-corrected chi connectivity index (χ0v) is 13.9. The molecular weight excluding hydrogens is 304 g/mol.